The van der Waals surface area contributed by atoms with Crippen LogP contribution < -0.4 is 0 Å². The van der Waals surface area contributed by atoms with E-state index in [-0.39, 0.29) is 11.2 Å². The Hall–Kier alpha value is -0.900. The SMILES string of the molecule is CC1=NC2=NC(=O)C=CC2S1. The summed E-state index contributed by atoms with van der Waals surface area (Å²) >= 11 is 1.63. The van der Waals surface area contributed by atoms with Crippen LogP contribution in [0.2, 0.25) is 0 Å². The number of rotatable bonds is 0. The van der Waals surface area contributed by atoms with Gasteiger partial charge in [-0.2, -0.15) is 4.99 Å². The van der Waals surface area contributed by atoms with Gasteiger partial charge in [-0.1, -0.05) is 17.8 Å². The first-order valence-corrected chi connectivity index (χ1v) is 4.16. The molecule has 0 spiro atoms. The summed E-state index contributed by atoms with van der Waals surface area (Å²) in [6, 6.07) is 0. The maximum Gasteiger partial charge on any atom is 0.271 e. The summed E-state index contributed by atoms with van der Waals surface area (Å²) < 4.78 is 0. The fourth-order valence-electron chi connectivity index (χ4n) is 1.02. The van der Waals surface area contributed by atoms with Gasteiger partial charge in [-0.25, -0.2) is 4.99 Å². The summed E-state index contributed by atoms with van der Waals surface area (Å²) in [7, 11) is 0. The van der Waals surface area contributed by atoms with E-state index in [0.29, 0.717) is 5.84 Å². The number of dihydropyridines is 1. The number of hydrogen-bond donors (Lipinski definition) is 0. The maximum absolute atomic E-state index is 10.8. The molecule has 0 saturated heterocycles. The molecule has 1 amide bonds. The molecular formula is C7H6N2OS. The molecule has 1 atom stereocenters. The minimum atomic E-state index is -0.199. The Balaban J connectivity index is 2.36. The molecule has 2 aliphatic heterocycles. The van der Waals surface area contributed by atoms with E-state index in [0.717, 1.165) is 5.04 Å². The molecule has 0 radical (unpaired) electrons. The van der Waals surface area contributed by atoms with Crippen molar-refractivity contribution in [1.82, 2.24) is 0 Å². The van der Waals surface area contributed by atoms with Crippen LogP contribution in [-0.2, 0) is 4.79 Å². The predicted molar refractivity (Wildman–Crippen MR) is 46.1 cm³/mol. The Bertz CT molecular complexity index is 304. The van der Waals surface area contributed by atoms with Gasteiger partial charge in [-0.05, 0) is 6.92 Å². The topological polar surface area (TPSA) is 41.8 Å². The second kappa shape index (κ2) is 2.30. The Morgan fingerprint density at radius 3 is 3.18 bits per heavy atom. The molecule has 2 heterocycles. The molecule has 3 nitrogen and oxygen atoms in total. The summed E-state index contributed by atoms with van der Waals surface area (Å²) in [5.74, 6) is 0.454. The zero-order chi connectivity index (χ0) is 7.84. The fourth-order valence-corrected chi connectivity index (χ4v) is 1.90. The van der Waals surface area contributed by atoms with Crippen LogP contribution in [0.25, 0.3) is 0 Å². The van der Waals surface area contributed by atoms with Crippen molar-refractivity contribution in [3.8, 4) is 0 Å². The van der Waals surface area contributed by atoms with Gasteiger partial charge in [0, 0.05) is 6.08 Å². The molecule has 0 bridgehead atoms. The molecule has 2 rings (SSSR count). The Morgan fingerprint density at radius 1 is 1.55 bits per heavy atom. The monoisotopic (exact) mass is 166 g/mol. The first-order chi connectivity index (χ1) is 5.25. The number of amidine groups is 1. The zero-order valence-corrected chi connectivity index (χ0v) is 6.76. The van der Waals surface area contributed by atoms with Crippen LogP contribution in [0.5, 0.6) is 0 Å². The summed E-state index contributed by atoms with van der Waals surface area (Å²) in [4.78, 5) is 18.7. The number of carbonyl (C=O) groups is 1. The van der Waals surface area contributed by atoms with Gasteiger partial charge < -0.3 is 0 Å². The van der Waals surface area contributed by atoms with E-state index in [1.54, 1.807) is 11.8 Å². The van der Waals surface area contributed by atoms with Crippen LogP contribution in [-0.4, -0.2) is 22.0 Å². The summed E-state index contributed by atoms with van der Waals surface area (Å²) in [6.07, 6.45) is 3.34. The summed E-state index contributed by atoms with van der Waals surface area (Å²) in [5.41, 5.74) is 0. The van der Waals surface area contributed by atoms with Gasteiger partial charge in [0.25, 0.3) is 5.91 Å². The molecule has 56 valence electrons. The smallest absolute Gasteiger partial charge is 0.267 e. The number of fused-ring (bicyclic) bond motifs is 1. The van der Waals surface area contributed by atoms with Crippen LogP contribution in [0.3, 0.4) is 0 Å². The molecule has 2 aliphatic rings. The minimum Gasteiger partial charge on any atom is -0.267 e. The van der Waals surface area contributed by atoms with Gasteiger partial charge in [-0.15, -0.1) is 0 Å². The highest BCUT2D eigenvalue weighted by atomic mass is 32.2. The number of thioether (sulfide) groups is 1. The quantitative estimate of drug-likeness (QED) is 0.539. The van der Waals surface area contributed by atoms with Crippen molar-refractivity contribution in [2.45, 2.75) is 12.2 Å². The molecule has 0 aromatic carbocycles. The van der Waals surface area contributed by atoms with Crippen molar-refractivity contribution < 1.29 is 4.79 Å². The van der Waals surface area contributed by atoms with E-state index in [2.05, 4.69) is 9.98 Å². The highest BCUT2D eigenvalue weighted by Gasteiger charge is 2.24. The van der Waals surface area contributed by atoms with Gasteiger partial charge in [0.2, 0.25) is 0 Å². The zero-order valence-electron chi connectivity index (χ0n) is 5.94. The van der Waals surface area contributed by atoms with Crippen LogP contribution in [0.4, 0.5) is 0 Å². The van der Waals surface area contributed by atoms with Crippen molar-refractivity contribution >= 4 is 28.5 Å². The lowest BCUT2D eigenvalue weighted by Crippen LogP contribution is -2.14. The number of amides is 1. The lowest BCUT2D eigenvalue weighted by atomic mass is 10.3. The first-order valence-electron chi connectivity index (χ1n) is 3.28. The highest BCUT2D eigenvalue weighted by molar-refractivity contribution is 8.15. The van der Waals surface area contributed by atoms with E-state index in [4.69, 9.17) is 0 Å². The van der Waals surface area contributed by atoms with E-state index in [1.165, 1.54) is 6.08 Å². The third-order valence-electron chi connectivity index (χ3n) is 1.46. The van der Waals surface area contributed by atoms with E-state index in [9.17, 15) is 4.79 Å². The number of carbonyl (C=O) groups excluding carboxylic acids is 1. The standard InChI is InChI=1S/C7H6N2OS/c1-4-8-7-5(11-4)2-3-6(10)9-7/h2-3,5H,1H3. The van der Waals surface area contributed by atoms with Gasteiger partial charge in [-0.3, -0.25) is 4.79 Å². The van der Waals surface area contributed by atoms with Crippen molar-refractivity contribution in [3.05, 3.63) is 12.2 Å². The van der Waals surface area contributed by atoms with Crippen LogP contribution in [0, 0.1) is 0 Å². The normalized spacial score (nSPS) is 28.1. The second-order valence-corrected chi connectivity index (χ2v) is 3.67. The summed E-state index contributed by atoms with van der Waals surface area (Å²) in [5, 5.41) is 1.17. The molecule has 4 heteroatoms. The van der Waals surface area contributed by atoms with E-state index in [1.807, 2.05) is 13.0 Å². The molecular weight excluding hydrogens is 160 g/mol. The first kappa shape index (κ1) is 6.79. The Kier molecular flexibility index (Phi) is 1.42. The van der Waals surface area contributed by atoms with Crippen LogP contribution >= 0.6 is 11.8 Å². The lowest BCUT2D eigenvalue weighted by Gasteiger charge is -2.04. The van der Waals surface area contributed by atoms with Gasteiger partial charge in [0.05, 0.1) is 10.3 Å². The molecule has 0 aliphatic carbocycles. The van der Waals surface area contributed by atoms with Gasteiger partial charge >= 0.3 is 0 Å². The van der Waals surface area contributed by atoms with Crippen molar-refractivity contribution in [2.24, 2.45) is 9.98 Å². The molecule has 11 heavy (non-hydrogen) atoms. The van der Waals surface area contributed by atoms with Crippen LogP contribution in [0.15, 0.2) is 22.1 Å². The van der Waals surface area contributed by atoms with Crippen molar-refractivity contribution in [3.63, 3.8) is 0 Å². The summed E-state index contributed by atoms with van der Waals surface area (Å²) in [6.45, 7) is 1.92. The number of hydrogen-bond acceptors (Lipinski definition) is 3. The lowest BCUT2D eigenvalue weighted by molar-refractivity contribution is -0.113. The van der Waals surface area contributed by atoms with Crippen molar-refractivity contribution in [1.29, 1.82) is 0 Å². The number of aliphatic imine (C=N–C) groups is 2. The Morgan fingerprint density at radius 2 is 2.36 bits per heavy atom. The van der Waals surface area contributed by atoms with E-state index < -0.39 is 0 Å². The van der Waals surface area contributed by atoms with Crippen molar-refractivity contribution in [2.75, 3.05) is 0 Å². The molecule has 1 unspecified atom stereocenters. The van der Waals surface area contributed by atoms with Gasteiger partial charge in [0.15, 0.2) is 5.84 Å². The second-order valence-electron chi connectivity index (χ2n) is 2.34. The Labute approximate surface area is 68.3 Å². The molecule has 0 aromatic rings. The highest BCUT2D eigenvalue weighted by Crippen LogP contribution is 2.25. The maximum atomic E-state index is 10.8. The van der Waals surface area contributed by atoms with E-state index >= 15 is 0 Å². The average Bonchev–Trinajstić information content (AvgIpc) is 2.27. The average molecular weight is 166 g/mol. The molecule has 0 N–H and O–H groups in total. The molecule has 0 aromatic heterocycles. The largest absolute Gasteiger partial charge is 0.271 e. The minimum absolute atomic E-state index is 0.188. The number of nitrogens with zero attached hydrogens (tertiary/aromatic N) is 2. The molecule has 0 saturated carbocycles. The third kappa shape index (κ3) is 1.14. The molecule has 0 fully saturated rings. The fraction of sp³-hybridized carbons (Fsp3) is 0.286. The van der Waals surface area contributed by atoms with Gasteiger partial charge in [0.1, 0.15) is 0 Å². The predicted octanol–water partition coefficient (Wildman–Crippen LogP) is 1.02. The van der Waals surface area contributed by atoms with Crippen LogP contribution in [0.1, 0.15) is 6.92 Å². The third-order valence-corrected chi connectivity index (χ3v) is 2.52.